The van der Waals surface area contributed by atoms with E-state index in [4.69, 9.17) is 21.1 Å². The minimum atomic E-state index is -1.24. The Hall–Kier alpha value is -2.68. The number of likely N-dealkylation sites (tertiary alicyclic amines) is 1. The molecule has 0 radical (unpaired) electrons. The van der Waals surface area contributed by atoms with Crippen molar-refractivity contribution in [2.24, 2.45) is 11.8 Å². The number of ether oxygens (including phenoxy) is 2. The molecule has 4 rings (SSSR count). The van der Waals surface area contributed by atoms with Gasteiger partial charge in [-0.1, -0.05) is 42.5 Å². The van der Waals surface area contributed by atoms with Crippen LogP contribution in [0.15, 0.2) is 43.5 Å². The van der Waals surface area contributed by atoms with Crippen molar-refractivity contribution in [3.8, 4) is 0 Å². The minimum Gasteiger partial charge on any atom is -0.461 e. The number of aryl methyl sites for hydroxylation is 1. The normalized spacial score (nSPS) is 31.2. The lowest BCUT2D eigenvalue weighted by molar-refractivity contribution is -0.159. The number of aliphatic hydroxyl groups is 1. The number of rotatable bonds is 9. The number of carbonyl (C=O) groups excluding carboxylic acids is 3. The zero-order valence-electron chi connectivity index (χ0n) is 20.9. The van der Waals surface area contributed by atoms with E-state index < -0.39 is 52.9 Å². The van der Waals surface area contributed by atoms with Crippen molar-refractivity contribution in [3.63, 3.8) is 0 Å². The van der Waals surface area contributed by atoms with E-state index in [-0.39, 0.29) is 19.8 Å². The van der Waals surface area contributed by atoms with Crippen molar-refractivity contribution in [2.75, 3.05) is 24.7 Å². The van der Waals surface area contributed by atoms with E-state index in [9.17, 15) is 19.5 Å². The van der Waals surface area contributed by atoms with E-state index in [0.29, 0.717) is 23.6 Å². The Morgan fingerprint density at radius 3 is 2.69 bits per heavy atom. The highest BCUT2D eigenvalue weighted by molar-refractivity contribution is 6.34. The predicted octanol–water partition coefficient (Wildman–Crippen LogP) is 3.04. The number of halogens is 1. The quantitative estimate of drug-likeness (QED) is 0.400. The van der Waals surface area contributed by atoms with Crippen molar-refractivity contribution in [1.82, 2.24) is 4.90 Å². The van der Waals surface area contributed by atoms with Crippen LogP contribution >= 0.6 is 11.6 Å². The Morgan fingerprint density at radius 2 is 2.08 bits per heavy atom. The topological polar surface area (TPSA) is 96.4 Å². The number of hydrogen-bond acceptors (Lipinski definition) is 6. The van der Waals surface area contributed by atoms with Gasteiger partial charge in [0.1, 0.15) is 24.2 Å². The predicted molar refractivity (Wildman–Crippen MR) is 136 cm³/mol. The molecule has 2 amide bonds. The SMILES string of the molecule is C=CCOC(=O)[C@@H]1[C@H]2C(=O)N([C@H](C)CO)C(C(=O)N(CC=C)c3c(C)cccc3Cl)C23CC[C@@]1(C)O3. The minimum absolute atomic E-state index is 0.0112. The van der Waals surface area contributed by atoms with E-state index in [1.54, 1.807) is 32.1 Å². The Bertz CT molecular complexity index is 1090. The summed E-state index contributed by atoms with van der Waals surface area (Å²) in [5.74, 6) is -3.12. The molecule has 9 heteroatoms. The highest BCUT2D eigenvalue weighted by atomic mass is 35.5. The van der Waals surface area contributed by atoms with Crippen molar-refractivity contribution in [2.45, 2.75) is 56.9 Å². The first-order valence-electron chi connectivity index (χ1n) is 12.2. The Balaban J connectivity index is 1.84. The van der Waals surface area contributed by atoms with Crippen LogP contribution in [0.3, 0.4) is 0 Å². The lowest BCUT2D eigenvalue weighted by Crippen LogP contribution is -2.58. The maximum absolute atomic E-state index is 14.4. The van der Waals surface area contributed by atoms with Crippen molar-refractivity contribution < 1.29 is 29.0 Å². The zero-order valence-corrected chi connectivity index (χ0v) is 21.7. The summed E-state index contributed by atoms with van der Waals surface area (Å²) in [5.41, 5.74) is -0.880. The van der Waals surface area contributed by atoms with Crippen molar-refractivity contribution >= 4 is 35.1 Å². The number of carbonyl (C=O) groups is 3. The molecule has 3 saturated heterocycles. The summed E-state index contributed by atoms with van der Waals surface area (Å²) in [4.78, 5) is 44.5. The molecule has 2 unspecified atom stereocenters. The lowest BCUT2D eigenvalue weighted by atomic mass is 9.66. The molecule has 0 saturated carbocycles. The average molecular weight is 517 g/mol. The molecule has 3 aliphatic rings. The third kappa shape index (κ3) is 3.78. The second-order valence-corrected chi connectivity index (χ2v) is 10.5. The summed E-state index contributed by atoms with van der Waals surface area (Å²) >= 11 is 6.54. The Kier molecular flexibility index (Phi) is 7.07. The van der Waals surface area contributed by atoms with Crippen molar-refractivity contribution in [1.29, 1.82) is 0 Å². The van der Waals surface area contributed by atoms with Crippen LogP contribution in [0.5, 0.6) is 0 Å². The maximum Gasteiger partial charge on any atom is 0.313 e. The van der Waals surface area contributed by atoms with Gasteiger partial charge < -0.3 is 24.4 Å². The monoisotopic (exact) mass is 516 g/mol. The second-order valence-electron chi connectivity index (χ2n) is 10.1. The molecule has 2 bridgehead atoms. The standard InChI is InChI=1S/C27H33ClN2O6/c1-6-13-29(21-16(3)9-8-10-18(21)28)24(33)22-27-12-11-26(5,36-27)20(25(34)35-14-7-2)19(27)23(32)30(22)17(4)15-31/h6-10,17,19-20,22,31H,1-2,11-15H2,3-5H3/t17-,19+,20+,22?,26-,27?/m1/s1. The van der Waals surface area contributed by atoms with Crippen molar-refractivity contribution in [3.05, 3.63) is 54.1 Å². The van der Waals surface area contributed by atoms with Crippen LogP contribution < -0.4 is 4.90 Å². The van der Waals surface area contributed by atoms with Gasteiger partial charge in [-0.05, 0) is 45.2 Å². The second kappa shape index (κ2) is 9.65. The number of aliphatic hydroxyl groups excluding tert-OH is 1. The number of fused-ring (bicyclic) bond motifs is 1. The number of anilines is 1. The molecule has 6 atom stereocenters. The first-order chi connectivity index (χ1) is 17.1. The molecule has 1 N–H and O–H groups in total. The molecule has 1 spiro atoms. The van der Waals surface area contributed by atoms with Crippen LogP contribution in [0, 0.1) is 18.8 Å². The van der Waals surface area contributed by atoms with Gasteiger partial charge in [0.2, 0.25) is 5.91 Å². The smallest absolute Gasteiger partial charge is 0.313 e. The molecule has 0 aromatic heterocycles. The summed E-state index contributed by atoms with van der Waals surface area (Å²) in [5, 5.41) is 10.4. The first kappa shape index (κ1) is 26.4. The van der Waals surface area contributed by atoms with Gasteiger partial charge in [-0.3, -0.25) is 14.4 Å². The fraction of sp³-hybridized carbons (Fsp3) is 0.519. The largest absolute Gasteiger partial charge is 0.461 e. The van der Waals surface area contributed by atoms with E-state index in [1.807, 2.05) is 13.0 Å². The molecule has 3 aliphatic heterocycles. The number of amides is 2. The van der Waals surface area contributed by atoms with Crippen LogP contribution in [0.1, 0.15) is 32.3 Å². The van der Waals surface area contributed by atoms with Gasteiger partial charge in [-0.15, -0.1) is 6.58 Å². The third-order valence-corrected chi connectivity index (χ3v) is 8.13. The van der Waals surface area contributed by atoms with E-state index in [1.165, 1.54) is 15.9 Å². The molecular weight excluding hydrogens is 484 g/mol. The number of hydrogen-bond donors (Lipinski definition) is 1. The van der Waals surface area contributed by atoms with E-state index in [2.05, 4.69) is 13.2 Å². The van der Waals surface area contributed by atoms with E-state index >= 15 is 0 Å². The summed E-state index contributed by atoms with van der Waals surface area (Å²) in [6.07, 6.45) is 3.96. The molecule has 194 valence electrons. The van der Waals surface area contributed by atoms with Gasteiger partial charge in [0.15, 0.2) is 0 Å². The van der Waals surface area contributed by atoms with Crippen LogP contribution in [-0.4, -0.2) is 70.8 Å². The van der Waals surface area contributed by atoms with Gasteiger partial charge in [0, 0.05) is 6.54 Å². The summed E-state index contributed by atoms with van der Waals surface area (Å²) in [7, 11) is 0. The van der Waals surface area contributed by atoms with E-state index in [0.717, 1.165) is 5.56 Å². The van der Waals surface area contributed by atoms with Crippen LogP contribution in [0.25, 0.3) is 0 Å². The maximum atomic E-state index is 14.4. The summed E-state index contributed by atoms with van der Waals surface area (Å²) in [6, 6.07) is 3.61. The Morgan fingerprint density at radius 1 is 1.36 bits per heavy atom. The molecule has 1 aromatic rings. The van der Waals surface area contributed by atoms with Gasteiger partial charge in [0.05, 0.1) is 34.9 Å². The molecule has 36 heavy (non-hydrogen) atoms. The first-order valence-corrected chi connectivity index (χ1v) is 12.5. The zero-order chi connectivity index (χ0) is 26.4. The number of benzene rings is 1. The lowest BCUT2D eigenvalue weighted by Gasteiger charge is -2.39. The highest BCUT2D eigenvalue weighted by Gasteiger charge is 2.79. The van der Waals surface area contributed by atoms with Crippen LogP contribution in [0.4, 0.5) is 5.69 Å². The highest BCUT2D eigenvalue weighted by Crippen LogP contribution is 2.63. The van der Waals surface area contributed by atoms with Gasteiger partial charge in [0.25, 0.3) is 5.91 Å². The average Bonchev–Trinajstić information content (AvgIpc) is 3.41. The summed E-state index contributed by atoms with van der Waals surface area (Å²) < 4.78 is 11.9. The number of nitrogens with zero attached hydrogens (tertiary/aromatic N) is 2. The third-order valence-electron chi connectivity index (χ3n) is 7.82. The van der Waals surface area contributed by atoms with Crippen LogP contribution in [0.2, 0.25) is 5.02 Å². The molecule has 8 nitrogen and oxygen atoms in total. The molecular formula is C27H33ClN2O6. The molecule has 3 fully saturated rings. The molecule has 0 aliphatic carbocycles. The molecule has 1 aromatic carbocycles. The van der Waals surface area contributed by atoms with Gasteiger partial charge in [-0.25, -0.2) is 0 Å². The molecule has 3 heterocycles. The fourth-order valence-electron chi connectivity index (χ4n) is 6.33. The summed E-state index contributed by atoms with van der Waals surface area (Å²) in [6.45, 7) is 12.5. The fourth-order valence-corrected chi connectivity index (χ4v) is 6.65. The van der Waals surface area contributed by atoms with Gasteiger partial charge in [-0.2, -0.15) is 0 Å². The number of para-hydroxylation sites is 1. The van der Waals surface area contributed by atoms with Crippen LogP contribution in [-0.2, 0) is 23.9 Å². The van der Waals surface area contributed by atoms with Gasteiger partial charge >= 0.3 is 5.97 Å². The Labute approximate surface area is 216 Å². The number of esters is 1.